The molecule has 0 fully saturated rings. The lowest BCUT2D eigenvalue weighted by molar-refractivity contribution is -0.141. The Kier molecular flexibility index (Phi) is 4.69. The molecule has 1 atom stereocenters. The standard InChI is InChI=1S/C12H14BrNO3/c1-8(12(16)17)7-14(2)11(15)9-3-5-10(13)6-4-9/h3-6,8H,7H2,1-2H3,(H,16,17). The number of aliphatic carboxylic acids is 1. The van der Waals surface area contributed by atoms with E-state index in [4.69, 9.17) is 5.11 Å². The number of carboxylic acids is 1. The summed E-state index contributed by atoms with van der Waals surface area (Å²) in [5.74, 6) is -1.65. The number of benzene rings is 1. The molecule has 0 aromatic heterocycles. The van der Waals surface area contributed by atoms with Crippen molar-refractivity contribution in [2.24, 2.45) is 5.92 Å². The predicted octanol–water partition coefficient (Wildman–Crippen LogP) is 2.24. The Morgan fingerprint density at radius 2 is 1.88 bits per heavy atom. The van der Waals surface area contributed by atoms with Gasteiger partial charge < -0.3 is 10.0 Å². The molecule has 0 saturated heterocycles. The molecule has 4 nitrogen and oxygen atoms in total. The van der Waals surface area contributed by atoms with E-state index in [-0.39, 0.29) is 12.5 Å². The second kappa shape index (κ2) is 5.82. The molecule has 1 rings (SSSR count). The van der Waals surface area contributed by atoms with Crippen LogP contribution in [0.5, 0.6) is 0 Å². The normalized spacial score (nSPS) is 11.9. The van der Waals surface area contributed by atoms with Gasteiger partial charge in [0, 0.05) is 23.6 Å². The van der Waals surface area contributed by atoms with Gasteiger partial charge in [-0.1, -0.05) is 22.9 Å². The van der Waals surface area contributed by atoms with Crippen molar-refractivity contribution in [2.75, 3.05) is 13.6 Å². The molecule has 0 saturated carbocycles. The third-order valence-corrected chi connectivity index (χ3v) is 2.94. The third-order valence-electron chi connectivity index (χ3n) is 2.41. The second-order valence-electron chi connectivity index (χ2n) is 3.93. The van der Waals surface area contributed by atoms with Gasteiger partial charge in [0.1, 0.15) is 0 Å². The molecule has 0 bridgehead atoms. The van der Waals surface area contributed by atoms with Crippen LogP contribution in [0.15, 0.2) is 28.7 Å². The van der Waals surface area contributed by atoms with Crippen LogP contribution in [0.4, 0.5) is 0 Å². The summed E-state index contributed by atoms with van der Waals surface area (Å²) in [6.45, 7) is 1.78. The zero-order chi connectivity index (χ0) is 13.0. The summed E-state index contributed by atoms with van der Waals surface area (Å²) in [7, 11) is 1.60. The highest BCUT2D eigenvalue weighted by Gasteiger charge is 2.18. The Morgan fingerprint density at radius 1 is 1.35 bits per heavy atom. The average Bonchev–Trinajstić information content (AvgIpc) is 2.28. The maximum atomic E-state index is 11.9. The minimum absolute atomic E-state index is 0.175. The summed E-state index contributed by atoms with van der Waals surface area (Å²) in [5, 5.41) is 8.78. The number of hydrogen-bond acceptors (Lipinski definition) is 2. The lowest BCUT2D eigenvalue weighted by Gasteiger charge is -2.19. The lowest BCUT2D eigenvalue weighted by atomic mass is 10.1. The molecule has 1 N–H and O–H groups in total. The van der Waals surface area contributed by atoms with Crippen LogP contribution >= 0.6 is 15.9 Å². The fourth-order valence-electron chi connectivity index (χ4n) is 1.38. The Bertz CT molecular complexity index is 416. The number of nitrogens with zero attached hydrogens (tertiary/aromatic N) is 1. The van der Waals surface area contributed by atoms with Crippen molar-refractivity contribution in [1.29, 1.82) is 0 Å². The van der Waals surface area contributed by atoms with Crippen molar-refractivity contribution >= 4 is 27.8 Å². The van der Waals surface area contributed by atoms with Crippen molar-refractivity contribution in [2.45, 2.75) is 6.92 Å². The molecule has 1 amide bonds. The Hall–Kier alpha value is -1.36. The summed E-state index contributed by atoms with van der Waals surface area (Å²) in [4.78, 5) is 24.0. The maximum Gasteiger partial charge on any atom is 0.308 e. The number of halogens is 1. The van der Waals surface area contributed by atoms with E-state index in [9.17, 15) is 9.59 Å². The van der Waals surface area contributed by atoms with Gasteiger partial charge in [0.2, 0.25) is 0 Å². The molecule has 0 spiro atoms. The highest BCUT2D eigenvalue weighted by atomic mass is 79.9. The van der Waals surface area contributed by atoms with E-state index in [1.807, 2.05) is 0 Å². The van der Waals surface area contributed by atoms with E-state index in [2.05, 4.69) is 15.9 Å². The van der Waals surface area contributed by atoms with Gasteiger partial charge in [-0.05, 0) is 24.3 Å². The quantitative estimate of drug-likeness (QED) is 0.927. The van der Waals surface area contributed by atoms with Crippen LogP contribution in [0, 0.1) is 5.92 Å². The van der Waals surface area contributed by atoms with E-state index in [0.717, 1.165) is 4.47 Å². The van der Waals surface area contributed by atoms with Gasteiger partial charge in [0.25, 0.3) is 5.91 Å². The van der Waals surface area contributed by atoms with Crippen molar-refractivity contribution in [3.05, 3.63) is 34.3 Å². The average molecular weight is 300 g/mol. The van der Waals surface area contributed by atoms with E-state index >= 15 is 0 Å². The smallest absolute Gasteiger partial charge is 0.308 e. The van der Waals surface area contributed by atoms with Gasteiger partial charge >= 0.3 is 5.97 Å². The minimum atomic E-state index is -0.902. The van der Waals surface area contributed by atoms with Crippen LogP contribution in [0.2, 0.25) is 0 Å². The van der Waals surface area contributed by atoms with Gasteiger partial charge in [-0.2, -0.15) is 0 Å². The number of carbonyl (C=O) groups excluding carboxylic acids is 1. The van der Waals surface area contributed by atoms with Gasteiger partial charge in [0.05, 0.1) is 5.92 Å². The molecule has 0 radical (unpaired) electrons. The summed E-state index contributed by atoms with van der Waals surface area (Å²) < 4.78 is 0.899. The molecule has 1 unspecified atom stereocenters. The summed E-state index contributed by atoms with van der Waals surface area (Å²) in [6.07, 6.45) is 0. The first-order chi connectivity index (χ1) is 7.91. The number of carbonyl (C=O) groups is 2. The molecule has 0 aliphatic heterocycles. The van der Waals surface area contributed by atoms with Crippen molar-refractivity contribution in [3.8, 4) is 0 Å². The topological polar surface area (TPSA) is 57.6 Å². The summed E-state index contributed by atoms with van der Waals surface area (Å²) >= 11 is 3.29. The van der Waals surface area contributed by atoms with Gasteiger partial charge in [0.15, 0.2) is 0 Å². The zero-order valence-corrected chi connectivity index (χ0v) is 11.3. The van der Waals surface area contributed by atoms with E-state index in [0.29, 0.717) is 5.56 Å². The molecule has 1 aromatic carbocycles. The SMILES string of the molecule is CC(CN(C)C(=O)c1ccc(Br)cc1)C(=O)O. The van der Waals surface area contributed by atoms with Crippen molar-refractivity contribution < 1.29 is 14.7 Å². The number of rotatable bonds is 4. The van der Waals surface area contributed by atoms with E-state index in [1.54, 1.807) is 38.2 Å². The van der Waals surface area contributed by atoms with Crippen LogP contribution in [0.3, 0.4) is 0 Å². The molecule has 17 heavy (non-hydrogen) atoms. The molecular weight excluding hydrogens is 286 g/mol. The third kappa shape index (κ3) is 3.85. The minimum Gasteiger partial charge on any atom is -0.481 e. The lowest BCUT2D eigenvalue weighted by Crippen LogP contribution is -2.33. The van der Waals surface area contributed by atoms with Crippen LogP contribution in [-0.2, 0) is 4.79 Å². The first-order valence-electron chi connectivity index (χ1n) is 5.15. The van der Waals surface area contributed by atoms with Crippen LogP contribution in [-0.4, -0.2) is 35.5 Å². The van der Waals surface area contributed by atoms with Crippen molar-refractivity contribution in [3.63, 3.8) is 0 Å². The van der Waals surface area contributed by atoms with Crippen LogP contribution < -0.4 is 0 Å². The van der Waals surface area contributed by atoms with Crippen LogP contribution in [0.1, 0.15) is 17.3 Å². The van der Waals surface area contributed by atoms with E-state index < -0.39 is 11.9 Å². The predicted molar refractivity (Wildman–Crippen MR) is 67.9 cm³/mol. The van der Waals surface area contributed by atoms with Crippen LogP contribution in [0.25, 0.3) is 0 Å². The maximum absolute atomic E-state index is 11.9. The molecule has 1 aromatic rings. The highest BCUT2D eigenvalue weighted by Crippen LogP contribution is 2.12. The second-order valence-corrected chi connectivity index (χ2v) is 4.85. The molecule has 0 aliphatic rings. The molecule has 0 heterocycles. The molecule has 5 heteroatoms. The summed E-state index contributed by atoms with van der Waals surface area (Å²) in [5.41, 5.74) is 0.549. The molecule has 0 aliphatic carbocycles. The fourth-order valence-corrected chi connectivity index (χ4v) is 1.65. The van der Waals surface area contributed by atoms with Crippen molar-refractivity contribution in [1.82, 2.24) is 4.90 Å². The van der Waals surface area contributed by atoms with Gasteiger partial charge in [-0.15, -0.1) is 0 Å². The summed E-state index contributed by atoms with van der Waals surface area (Å²) in [6, 6.07) is 6.96. The number of hydrogen-bond donors (Lipinski definition) is 1. The fraction of sp³-hybridized carbons (Fsp3) is 0.333. The Labute approximate surface area is 108 Å². The Morgan fingerprint density at radius 3 is 2.35 bits per heavy atom. The largest absolute Gasteiger partial charge is 0.481 e. The Balaban J connectivity index is 2.70. The molecule has 92 valence electrons. The van der Waals surface area contributed by atoms with E-state index in [1.165, 1.54) is 4.90 Å². The number of carboxylic acid groups (broad SMARTS) is 1. The first kappa shape index (κ1) is 13.7. The zero-order valence-electron chi connectivity index (χ0n) is 9.68. The molecular formula is C12H14BrNO3. The highest BCUT2D eigenvalue weighted by molar-refractivity contribution is 9.10. The van der Waals surface area contributed by atoms with Gasteiger partial charge in [-0.25, -0.2) is 0 Å². The first-order valence-corrected chi connectivity index (χ1v) is 5.95. The van der Waals surface area contributed by atoms with Gasteiger partial charge in [-0.3, -0.25) is 9.59 Å². The number of amides is 1. The monoisotopic (exact) mass is 299 g/mol.